The smallest absolute Gasteiger partial charge is 0.318 e. The summed E-state index contributed by atoms with van der Waals surface area (Å²) in [7, 11) is 4.54. The summed E-state index contributed by atoms with van der Waals surface area (Å²) in [4.78, 5) is 11.9. The van der Waals surface area contributed by atoms with Gasteiger partial charge in [0, 0.05) is 11.6 Å². The van der Waals surface area contributed by atoms with Crippen molar-refractivity contribution in [1.82, 2.24) is 14.8 Å². The molecule has 7 nitrogen and oxygen atoms in total. The Balaban J connectivity index is 2.13. The molecule has 0 bridgehead atoms. The molecule has 1 aromatic heterocycles. The molecule has 1 atom stereocenters. The van der Waals surface area contributed by atoms with E-state index in [4.69, 9.17) is 14.2 Å². The van der Waals surface area contributed by atoms with E-state index >= 15 is 0 Å². The SMILES string of the molecule is COC(=O)[C@H](C)Sc1nnc(-c2ccccc2)n1-c1ccc(OC)c(OC)c1. The second-order valence-electron chi connectivity index (χ2n) is 5.83. The van der Waals surface area contributed by atoms with Crippen molar-refractivity contribution >= 4 is 17.7 Å². The second-order valence-corrected chi connectivity index (χ2v) is 7.14. The molecule has 3 rings (SSSR count). The number of carbonyl (C=O) groups excluding carboxylic acids is 1. The van der Waals surface area contributed by atoms with Gasteiger partial charge in [-0.15, -0.1) is 10.2 Å². The summed E-state index contributed by atoms with van der Waals surface area (Å²) < 4.78 is 17.5. The number of benzene rings is 2. The van der Waals surface area contributed by atoms with E-state index in [1.807, 2.05) is 53.1 Å². The van der Waals surface area contributed by atoms with Crippen LogP contribution in [0.1, 0.15) is 6.92 Å². The fourth-order valence-electron chi connectivity index (χ4n) is 2.69. The van der Waals surface area contributed by atoms with Gasteiger partial charge in [0.2, 0.25) is 0 Å². The molecular weight excluding hydrogens is 378 g/mol. The third-order valence-electron chi connectivity index (χ3n) is 4.11. The van der Waals surface area contributed by atoms with Crippen molar-refractivity contribution in [1.29, 1.82) is 0 Å². The number of carbonyl (C=O) groups is 1. The monoisotopic (exact) mass is 399 g/mol. The zero-order valence-corrected chi connectivity index (χ0v) is 16.9. The Morgan fingerprint density at radius 2 is 1.71 bits per heavy atom. The van der Waals surface area contributed by atoms with Crippen LogP contribution in [0, 0.1) is 0 Å². The second kappa shape index (κ2) is 8.79. The molecule has 28 heavy (non-hydrogen) atoms. The lowest BCUT2D eigenvalue weighted by Crippen LogP contribution is -2.15. The summed E-state index contributed by atoms with van der Waals surface area (Å²) in [6.45, 7) is 1.77. The molecule has 0 fully saturated rings. The first-order valence-electron chi connectivity index (χ1n) is 8.56. The predicted molar refractivity (Wildman–Crippen MR) is 107 cm³/mol. The lowest BCUT2D eigenvalue weighted by Gasteiger charge is -2.15. The molecule has 0 saturated carbocycles. The largest absolute Gasteiger partial charge is 0.493 e. The van der Waals surface area contributed by atoms with E-state index in [-0.39, 0.29) is 5.97 Å². The third kappa shape index (κ3) is 3.96. The minimum absolute atomic E-state index is 0.326. The highest BCUT2D eigenvalue weighted by atomic mass is 32.2. The van der Waals surface area contributed by atoms with E-state index in [9.17, 15) is 4.79 Å². The number of hydrogen-bond acceptors (Lipinski definition) is 7. The Kier molecular flexibility index (Phi) is 6.20. The summed E-state index contributed by atoms with van der Waals surface area (Å²) in [5.74, 6) is 1.54. The lowest BCUT2D eigenvalue weighted by atomic mass is 10.2. The summed E-state index contributed by atoms with van der Waals surface area (Å²) in [5.41, 5.74) is 1.70. The van der Waals surface area contributed by atoms with Crippen LogP contribution in [0.25, 0.3) is 17.1 Å². The van der Waals surface area contributed by atoms with Gasteiger partial charge in [-0.05, 0) is 19.1 Å². The van der Waals surface area contributed by atoms with Crippen molar-refractivity contribution < 1.29 is 19.0 Å². The quantitative estimate of drug-likeness (QED) is 0.444. The molecule has 0 saturated heterocycles. The van der Waals surface area contributed by atoms with Crippen molar-refractivity contribution in [2.24, 2.45) is 0 Å². The lowest BCUT2D eigenvalue weighted by molar-refractivity contribution is -0.139. The fraction of sp³-hybridized carbons (Fsp3) is 0.250. The van der Waals surface area contributed by atoms with Crippen LogP contribution in [0.2, 0.25) is 0 Å². The van der Waals surface area contributed by atoms with E-state index < -0.39 is 5.25 Å². The molecule has 0 unspecified atom stereocenters. The molecule has 1 heterocycles. The van der Waals surface area contributed by atoms with Gasteiger partial charge in [-0.1, -0.05) is 42.1 Å². The third-order valence-corrected chi connectivity index (χ3v) is 5.13. The van der Waals surface area contributed by atoms with Crippen LogP contribution in [-0.4, -0.2) is 47.3 Å². The average Bonchev–Trinajstić information content (AvgIpc) is 3.16. The van der Waals surface area contributed by atoms with Gasteiger partial charge >= 0.3 is 5.97 Å². The number of hydrogen-bond donors (Lipinski definition) is 0. The summed E-state index contributed by atoms with van der Waals surface area (Å²) in [6, 6.07) is 15.3. The highest BCUT2D eigenvalue weighted by molar-refractivity contribution is 8.00. The highest BCUT2D eigenvalue weighted by Gasteiger charge is 2.22. The molecule has 8 heteroatoms. The maximum absolute atomic E-state index is 11.9. The summed E-state index contributed by atoms with van der Waals surface area (Å²) in [6.07, 6.45) is 0. The molecule has 0 spiro atoms. The maximum atomic E-state index is 11.9. The number of esters is 1. The molecule has 0 radical (unpaired) electrons. The number of aromatic nitrogens is 3. The van der Waals surface area contributed by atoms with Crippen molar-refractivity contribution in [3.8, 4) is 28.6 Å². The molecule has 0 aliphatic rings. The Bertz CT molecular complexity index is 959. The zero-order chi connectivity index (χ0) is 20.1. The highest BCUT2D eigenvalue weighted by Crippen LogP contribution is 2.34. The number of nitrogens with zero attached hydrogens (tertiary/aromatic N) is 3. The molecule has 146 valence electrons. The van der Waals surface area contributed by atoms with Crippen molar-refractivity contribution in [3.63, 3.8) is 0 Å². The molecule has 2 aromatic carbocycles. The van der Waals surface area contributed by atoms with Crippen LogP contribution in [0.4, 0.5) is 0 Å². The molecule has 0 amide bonds. The Morgan fingerprint density at radius 1 is 1.00 bits per heavy atom. The molecular formula is C20H21N3O4S. The van der Waals surface area contributed by atoms with Crippen LogP contribution < -0.4 is 9.47 Å². The van der Waals surface area contributed by atoms with Crippen LogP contribution in [0.3, 0.4) is 0 Å². The van der Waals surface area contributed by atoms with Gasteiger partial charge in [-0.3, -0.25) is 9.36 Å². The number of rotatable bonds is 7. The van der Waals surface area contributed by atoms with Crippen molar-refractivity contribution in [2.75, 3.05) is 21.3 Å². The standard InChI is InChI=1S/C20H21N3O4S/c1-13(19(24)27-4)28-20-22-21-18(14-8-6-5-7-9-14)23(20)15-10-11-16(25-2)17(12-15)26-3/h5-13H,1-4H3/t13-/m0/s1. The summed E-state index contributed by atoms with van der Waals surface area (Å²) >= 11 is 1.28. The molecule has 0 aliphatic carbocycles. The van der Waals surface area contributed by atoms with Crippen molar-refractivity contribution in [3.05, 3.63) is 48.5 Å². The minimum Gasteiger partial charge on any atom is -0.493 e. The number of methoxy groups -OCH3 is 3. The fourth-order valence-corrected chi connectivity index (χ4v) is 3.58. The van der Waals surface area contributed by atoms with Gasteiger partial charge in [0.05, 0.1) is 27.0 Å². The van der Waals surface area contributed by atoms with E-state index in [0.717, 1.165) is 11.3 Å². The van der Waals surface area contributed by atoms with E-state index in [2.05, 4.69) is 10.2 Å². The molecule has 0 aliphatic heterocycles. The van der Waals surface area contributed by atoms with Crippen LogP contribution >= 0.6 is 11.8 Å². The maximum Gasteiger partial charge on any atom is 0.318 e. The van der Waals surface area contributed by atoms with Gasteiger partial charge in [0.25, 0.3) is 0 Å². The van der Waals surface area contributed by atoms with Crippen molar-refractivity contribution in [2.45, 2.75) is 17.3 Å². The first-order chi connectivity index (χ1) is 13.6. The van der Waals surface area contributed by atoms with E-state index in [0.29, 0.717) is 22.5 Å². The molecule has 0 N–H and O–H groups in total. The van der Waals surface area contributed by atoms with E-state index in [1.54, 1.807) is 21.1 Å². The van der Waals surface area contributed by atoms with Gasteiger partial charge < -0.3 is 14.2 Å². The van der Waals surface area contributed by atoms with Crippen LogP contribution in [0.5, 0.6) is 11.5 Å². The zero-order valence-electron chi connectivity index (χ0n) is 16.1. The number of ether oxygens (including phenoxy) is 3. The number of thioether (sulfide) groups is 1. The van der Waals surface area contributed by atoms with Crippen LogP contribution in [-0.2, 0) is 9.53 Å². The minimum atomic E-state index is -0.434. The Labute approximate surface area is 167 Å². The first kappa shape index (κ1) is 19.8. The topological polar surface area (TPSA) is 75.5 Å². The predicted octanol–water partition coefficient (Wildman–Crippen LogP) is 3.61. The summed E-state index contributed by atoms with van der Waals surface area (Å²) in [5, 5.41) is 8.83. The Hall–Kier alpha value is -3.00. The first-order valence-corrected chi connectivity index (χ1v) is 9.44. The van der Waals surface area contributed by atoms with Gasteiger partial charge in [0.15, 0.2) is 22.5 Å². The van der Waals surface area contributed by atoms with Crippen LogP contribution in [0.15, 0.2) is 53.7 Å². The van der Waals surface area contributed by atoms with E-state index in [1.165, 1.54) is 18.9 Å². The molecule has 3 aromatic rings. The van der Waals surface area contributed by atoms with Gasteiger partial charge in [-0.2, -0.15) is 0 Å². The normalized spacial score (nSPS) is 11.7. The Morgan fingerprint density at radius 3 is 2.36 bits per heavy atom. The van der Waals surface area contributed by atoms with Gasteiger partial charge in [0.1, 0.15) is 5.25 Å². The average molecular weight is 399 g/mol. The van der Waals surface area contributed by atoms with Gasteiger partial charge in [-0.25, -0.2) is 0 Å².